The van der Waals surface area contributed by atoms with Gasteiger partial charge in [0.15, 0.2) is 6.61 Å². The average molecular weight is 398 g/mol. The molecule has 1 aliphatic heterocycles. The Hall–Kier alpha value is -2.46. The predicted molar refractivity (Wildman–Crippen MR) is 80.4 cm³/mol. The number of hydrogen-bond acceptors (Lipinski definition) is 3. The maximum absolute atomic E-state index is 12.8. The highest BCUT2D eigenvalue weighted by Gasteiger charge is 2.37. The minimum atomic E-state index is -5.01. The molecule has 2 N–H and O–H groups in total. The van der Waals surface area contributed by atoms with E-state index in [1.54, 1.807) is 0 Å². The number of nitrogens with two attached hydrogens (primary N) is 1. The summed E-state index contributed by atoms with van der Waals surface area (Å²) in [4.78, 5) is 24.6. The molecule has 11 heteroatoms. The maximum atomic E-state index is 12.8. The number of halogens is 6. The fourth-order valence-electron chi connectivity index (χ4n) is 2.68. The summed E-state index contributed by atoms with van der Waals surface area (Å²) in [6.07, 6.45) is -9.01. The summed E-state index contributed by atoms with van der Waals surface area (Å²) < 4.78 is 81.7. The maximum Gasteiger partial charge on any atom is 0.416 e. The summed E-state index contributed by atoms with van der Waals surface area (Å²) in [6, 6.07) is 0.757. The molecule has 1 heterocycles. The number of carbonyl (C=O) groups is 2. The van der Waals surface area contributed by atoms with Crippen LogP contribution >= 0.6 is 0 Å². The van der Waals surface area contributed by atoms with Crippen molar-refractivity contribution in [3.05, 3.63) is 29.3 Å². The number of rotatable bonds is 4. The number of likely N-dealkylation sites (tertiary alicyclic amines) is 1. The molecule has 27 heavy (non-hydrogen) atoms. The molecule has 0 aromatic heterocycles. The van der Waals surface area contributed by atoms with Gasteiger partial charge < -0.3 is 15.4 Å². The number of primary amides is 1. The Morgan fingerprint density at radius 1 is 1.07 bits per heavy atom. The Balaban J connectivity index is 2.12. The van der Waals surface area contributed by atoms with Crippen molar-refractivity contribution in [1.82, 2.24) is 4.90 Å². The van der Waals surface area contributed by atoms with Crippen molar-refractivity contribution < 1.29 is 40.7 Å². The first-order chi connectivity index (χ1) is 12.4. The molecule has 2 amide bonds. The molecule has 1 atom stereocenters. The van der Waals surface area contributed by atoms with E-state index in [0.717, 1.165) is 0 Å². The van der Waals surface area contributed by atoms with Crippen molar-refractivity contribution >= 4 is 11.8 Å². The van der Waals surface area contributed by atoms with Gasteiger partial charge in [0.1, 0.15) is 5.75 Å². The van der Waals surface area contributed by atoms with Gasteiger partial charge >= 0.3 is 12.4 Å². The van der Waals surface area contributed by atoms with Crippen molar-refractivity contribution in [1.29, 1.82) is 0 Å². The number of ether oxygens (including phenoxy) is 1. The van der Waals surface area contributed by atoms with Crippen molar-refractivity contribution in [3.8, 4) is 5.75 Å². The zero-order valence-corrected chi connectivity index (χ0v) is 13.9. The van der Waals surface area contributed by atoms with Crippen molar-refractivity contribution in [2.75, 3.05) is 19.7 Å². The number of carbonyl (C=O) groups excluding carboxylic acids is 2. The second kappa shape index (κ2) is 7.65. The second-order valence-corrected chi connectivity index (χ2v) is 6.11. The highest BCUT2D eigenvalue weighted by Crippen LogP contribution is 2.38. The van der Waals surface area contributed by atoms with E-state index >= 15 is 0 Å². The molecule has 1 aromatic rings. The Labute approximate surface area is 150 Å². The van der Waals surface area contributed by atoms with Crippen molar-refractivity contribution in [3.63, 3.8) is 0 Å². The normalized spacial score (nSPS) is 18.3. The van der Waals surface area contributed by atoms with E-state index in [1.165, 1.54) is 4.90 Å². The molecule has 1 aromatic carbocycles. The van der Waals surface area contributed by atoms with Crippen LogP contribution in [0.2, 0.25) is 0 Å². The van der Waals surface area contributed by atoms with Gasteiger partial charge in [0.2, 0.25) is 5.91 Å². The second-order valence-electron chi connectivity index (χ2n) is 6.11. The van der Waals surface area contributed by atoms with Gasteiger partial charge in [-0.3, -0.25) is 9.59 Å². The third-order valence-electron chi connectivity index (χ3n) is 4.10. The van der Waals surface area contributed by atoms with E-state index in [2.05, 4.69) is 0 Å². The summed E-state index contributed by atoms with van der Waals surface area (Å²) in [7, 11) is 0. The standard InChI is InChI=1S/C16H16F6N2O3/c17-15(18,19)10-4-11(16(20,21)22)6-12(5-10)27-8-13(25)24-3-1-2-9(7-24)14(23)26/h4-6,9H,1-3,7-8H2,(H2,23,26). The molecule has 5 nitrogen and oxygen atoms in total. The highest BCUT2D eigenvalue weighted by molar-refractivity contribution is 5.81. The number of piperidine rings is 1. The highest BCUT2D eigenvalue weighted by atomic mass is 19.4. The summed E-state index contributed by atoms with van der Waals surface area (Å²) in [5, 5.41) is 0. The zero-order chi connectivity index (χ0) is 20.4. The van der Waals surface area contributed by atoms with E-state index in [4.69, 9.17) is 10.5 Å². The van der Waals surface area contributed by atoms with E-state index in [9.17, 15) is 35.9 Å². The SMILES string of the molecule is NC(=O)C1CCCN(C(=O)COc2cc(C(F)(F)F)cc(C(F)(F)F)c2)C1. The number of hydrogen-bond donors (Lipinski definition) is 1. The molecule has 2 rings (SSSR count). The van der Waals surface area contributed by atoms with Gasteiger partial charge in [-0.05, 0) is 31.0 Å². The monoisotopic (exact) mass is 398 g/mol. The van der Waals surface area contributed by atoms with Crippen LogP contribution in [0.4, 0.5) is 26.3 Å². The number of alkyl halides is 6. The summed E-state index contributed by atoms with van der Waals surface area (Å²) in [5.74, 6) is -2.52. The number of benzene rings is 1. The smallest absolute Gasteiger partial charge is 0.416 e. The van der Waals surface area contributed by atoms with Gasteiger partial charge in [-0.25, -0.2) is 0 Å². The molecular formula is C16H16F6N2O3. The Kier molecular flexibility index (Phi) is 5.91. The topological polar surface area (TPSA) is 72.6 Å². The van der Waals surface area contributed by atoms with Crippen LogP contribution in [0, 0.1) is 5.92 Å². The van der Waals surface area contributed by atoms with Crippen LogP contribution in [0.15, 0.2) is 18.2 Å². The van der Waals surface area contributed by atoms with E-state index in [0.29, 0.717) is 31.5 Å². The van der Waals surface area contributed by atoms with Gasteiger partial charge in [0, 0.05) is 13.1 Å². The summed E-state index contributed by atoms with van der Waals surface area (Å²) >= 11 is 0. The zero-order valence-electron chi connectivity index (χ0n) is 13.9. The van der Waals surface area contributed by atoms with Crippen molar-refractivity contribution in [2.45, 2.75) is 25.2 Å². The third-order valence-corrected chi connectivity index (χ3v) is 4.10. The number of amides is 2. The van der Waals surface area contributed by atoms with Crippen LogP contribution in [-0.4, -0.2) is 36.4 Å². The molecule has 0 radical (unpaired) electrons. The molecule has 150 valence electrons. The fraction of sp³-hybridized carbons (Fsp3) is 0.500. The third kappa shape index (κ3) is 5.51. The van der Waals surface area contributed by atoms with Crippen molar-refractivity contribution in [2.24, 2.45) is 11.7 Å². The van der Waals surface area contributed by atoms with Crippen LogP contribution in [0.25, 0.3) is 0 Å². The first kappa shape index (κ1) is 20.8. The number of nitrogens with zero attached hydrogens (tertiary/aromatic N) is 1. The molecule has 1 fully saturated rings. The molecule has 0 aliphatic carbocycles. The molecule has 0 saturated carbocycles. The molecule has 1 unspecified atom stereocenters. The fourth-order valence-corrected chi connectivity index (χ4v) is 2.68. The first-order valence-electron chi connectivity index (χ1n) is 7.87. The van der Waals surface area contributed by atoms with Gasteiger partial charge in [0.25, 0.3) is 5.91 Å². The van der Waals surface area contributed by atoms with Crippen LogP contribution in [0.1, 0.15) is 24.0 Å². The molecule has 1 saturated heterocycles. The summed E-state index contributed by atoms with van der Waals surface area (Å²) in [5.41, 5.74) is 2.12. The van der Waals surface area contributed by atoms with Gasteiger partial charge in [-0.1, -0.05) is 0 Å². The largest absolute Gasteiger partial charge is 0.484 e. The molecule has 0 spiro atoms. The lowest BCUT2D eigenvalue weighted by atomic mass is 9.97. The van der Waals surface area contributed by atoms with Crippen LogP contribution < -0.4 is 10.5 Å². The lowest BCUT2D eigenvalue weighted by molar-refractivity contribution is -0.143. The van der Waals surface area contributed by atoms with Crippen LogP contribution in [0.3, 0.4) is 0 Å². The van der Waals surface area contributed by atoms with E-state index in [1.807, 2.05) is 0 Å². The average Bonchev–Trinajstić information content (AvgIpc) is 2.58. The lowest BCUT2D eigenvalue weighted by Gasteiger charge is -2.31. The van der Waals surface area contributed by atoms with Crippen LogP contribution in [0.5, 0.6) is 5.75 Å². The lowest BCUT2D eigenvalue weighted by Crippen LogP contribution is -2.45. The Morgan fingerprint density at radius 2 is 1.63 bits per heavy atom. The van der Waals surface area contributed by atoms with Gasteiger partial charge in [-0.2, -0.15) is 26.3 Å². The van der Waals surface area contributed by atoms with Crippen LogP contribution in [-0.2, 0) is 21.9 Å². The van der Waals surface area contributed by atoms with Gasteiger partial charge in [-0.15, -0.1) is 0 Å². The van der Waals surface area contributed by atoms with E-state index < -0.39 is 53.6 Å². The van der Waals surface area contributed by atoms with Gasteiger partial charge in [0.05, 0.1) is 17.0 Å². The van der Waals surface area contributed by atoms with E-state index in [-0.39, 0.29) is 12.6 Å². The first-order valence-corrected chi connectivity index (χ1v) is 7.87. The Bertz CT molecular complexity index is 685. The quantitative estimate of drug-likeness (QED) is 0.793. The molecule has 0 bridgehead atoms. The predicted octanol–water partition coefficient (Wildman–Crippen LogP) is 2.83. The summed E-state index contributed by atoms with van der Waals surface area (Å²) in [6.45, 7) is -0.430. The minimum Gasteiger partial charge on any atom is -0.484 e. The molecule has 1 aliphatic rings. The molecular weight excluding hydrogens is 382 g/mol. The minimum absolute atomic E-state index is 0.0310. The Morgan fingerprint density at radius 3 is 2.11 bits per heavy atom.